The Hall–Kier alpha value is -3.22. The number of benzene rings is 2. The van der Waals surface area contributed by atoms with Gasteiger partial charge in [-0.3, -0.25) is 14.9 Å². The van der Waals surface area contributed by atoms with Crippen LogP contribution in [0, 0.1) is 24.0 Å². The van der Waals surface area contributed by atoms with Gasteiger partial charge in [-0.25, -0.2) is 5.43 Å². The third kappa shape index (κ3) is 4.39. The number of carbonyl (C=O) groups excluding carboxylic acids is 1. The van der Waals surface area contributed by atoms with Gasteiger partial charge in [0.2, 0.25) is 5.91 Å². The molecule has 0 saturated carbocycles. The summed E-state index contributed by atoms with van der Waals surface area (Å²) in [6, 6.07) is 9.72. The Kier molecular flexibility index (Phi) is 5.26. The van der Waals surface area contributed by atoms with Gasteiger partial charge in [0.15, 0.2) is 5.75 Å². The fourth-order valence-electron chi connectivity index (χ4n) is 2.15. The number of hydrogen-bond acceptors (Lipinski definition) is 5. The van der Waals surface area contributed by atoms with E-state index in [0.29, 0.717) is 5.56 Å². The largest absolute Gasteiger partial charge is 0.502 e. The molecule has 7 nitrogen and oxygen atoms in total. The second kappa shape index (κ2) is 7.36. The average Bonchev–Trinajstić information content (AvgIpc) is 2.52. The number of hydrazone groups is 1. The minimum Gasteiger partial charge on any atom is -0.502 e. The molecule has 7 heteroatoms. The third-order valence-electron chi connectivity index (χ3n) is 3.45. The summed E-state index contributed by atoms with van der Waals surface area (Å²) >= 11 is 0. The first-order valence-corrected chi connectivity index (χ1v) is 7.22. The van der Waals surface area contributed by atoms with E-state index in [4.69, 9.17) is 0 Å². The Morgan fingerprint density at radius 3 is 2.75 bits per heavy atom. The molecule has 0 heterocycles. The van der Waals surface area contributed by atoms with Gasteiger partial charge in [0, 0.05) is 11.6 Å². The normalized spacial score (nSPS) is 10.8. The number of aryl methyl sites for hydroxylation is 2. The molecule has 0 aliphatic rings. The Labute approximate surface area is 138 Å². The standard InChI is InChI=1S/C17H17N3O4/c1-11-3-4-12(2)14(7-11)9-17(22)19-18-10-13-5-6-16(21)15(8-13)20(23)24/h3-8,10,21H,9H2,1-2H3,(H,19,22)/b18-10+. The highest BCUT2D eigenvalue weighted by Crippen LogP contribution is 2.25. The SMILES string of the molecule is Cc1ccc(C)c(CC(=O)N/N=C/c2ccc(O)c([N+](=O)[O-])c2)c1. The number of aromatic hydroxyl groups is 1. The highest BCUT2D eigenvalue weighted by molar-refractivity contribution is 5.84. The van der Waals surface area contributed by atoms with Crippen molar-refractivity contribution in [3.63, 3.8) is 0 Å². The van der Waals surface area contributed by atoms with Crippen LogP contribution in [0.5, 0.6) is 5.75 Å². The van der Waals surface area contributed by atoms with Gasteiger partial charge >= 0.3 is 5.69 Å². The monoisotopic (exact) mass is 327 g/mol. The minimum absolute atomic E-state index is 0.195. The van der Waals surface area contributed by atoms with E-state index in [2.05, 4.69) is 10.5 Å². The molecule has 0 radical (unpaired) electrons. The molecule has 0 aliphatic heterocycles. The number of phenols is 1. The van der Waals surface area contributed by atoms with Crippen molar-refractivity contribution in [2.75, 3.05) is 0 Å². The zero-order chi connectivity index (χ0) is 17.7. The molecule has 0 bridgehead atoms. The molecule has 0 unspecified atom stereocenters. The van der Waals surface area contributed by atoms with Crippen molar-refractivity contribution in [2.24, 2.45) is 5.10 Å². The lowest BCUT2D eigenvalue weighted by Gasteiger charge is -2.06. The number of hydrogen-bond donors (Lipinski definition) is 2. The lowest BCUT2D eigenvalue weighted by molar-refractivity contribution is -0.385. The first kappa shape index (κ1) is 17.1. The molecule has 2 aromatic carbocycles. The van der Waals surface area contributed by atoms with Crippen LogP contribution in [0.1, 0.15) is 22.3 Å². The van der Waals surface area contributed by atoms with Crippen LogP contribution in [0.15, 0.2) is 41.5 Å². The Morgan fingerprint density at radius 1 is 1.29 bits per heavy atom. The predicted molar refractivity (Wildman–Crippen MR) is 90.1 cm³/mol. The molecule has 24 heavy (non-hydrogen) atoms. The Morgan fingerprint density at radius 2 is 2.04 bits per heavy atom. The van der Waals surface area contributed by atoms with Gasteiger partial charge < -0.3 is 5.11 Å². The quantitative estimate of drug-likeness (QED) is 0.500. The van der Waals surface area contributed by atoms with Gasteiger partial charge in [-0.2, -0.15) is 5.10 Å². The second-order valence-corrected chi connectivity index (χ2v) is 5.41. The van der Waals surface area contributed by atoms with Gasteiger partial charge in [-0.1, -0.05) is 23.8 Å². The van der Waals surface area contributed by atoms with Crippen LogP contribution in [0.4, 0.5) is 5.69 Å². The van der Waals surface area contributed by atoms with E-state index in [-0.39, 0.29) is 12.3 Å². The van der Waals surface area contributed by atoms with Crippen molar-refractivity contribution in [3.8, 4) is 5.75 Å². The maximum atomic E-state index is 11.9. The van der Waals surface area contributed by atoms with E-state index in [1.807, 2.05) is 32.0 Å². The first-order valence-electron chi connectivity index (χ1n) is 7.22. The molecule has 0 aromatic heterocycles. The van der Waals surface area contributed by atoms with Gasteiger partial charge in [0.25, 0.3) is 0 Å². The maximum Gasteiger partial charge on any atom is 0.311 e. The molecule has 2 rings (SSSR count). The van der Waals surface area contributed by atoms with Crippen molar-refractivity contribution in [1.29, 1.82) is 0 Å². The summed E-state index contributed by atoms with van der Waals surface area (Å²) in [6.07, 6.45) is 1.48. The van der Waals surface area contributed by atoms with Gasteiger partial charge in [0.05, 0.1) is 17.6 Å². The van der Waals surface area contributed by atoms with Crippen molar-refractivity contribution in [3.05, 3.63) is 68.8 Å². The summed E-state index contributed by atoms with van der Waals surface area (Å²) in [4.78, 5) is 22.0. The van der Waals surface area contributed by atoms with E-state index >= 15 is 0 Å². The number of nitro groups is 1. The molecule has 2 aromatic rings. The average molecular weight is 327 g/mol. The van der Waals surface area contributed by atoms with Crippen LogP contribution in [0.2, 0.25) is 0 Å². The van der Waals surface area contributed by atoms with Gasteiger partial charge in [-0.15, -0.1) is 0 Å². The van der Waals surface area contributed by atoms with Crippen LogP contribution in [0.25, 0.3) is 0 Å². The zero-order valence-electron chi connectivity index (χ0n) is 13.3. The fourth-order valence-corrected chi connectivity index (χ4v) is 2.15. The molecule has 124 valence electrons. The summed E-state index contributed by atoms with van der Waals surface area (Å²) in [6.45, 7) is 3.89. The number of rotatable bonds is 5. The number of nitro benzene ring substituents is 1. The summed E-state index contributed by atoms with van der Waals surface area (Å²) in [5, 5.41) is 23.9. The van der Waals surface area contributed by atoms with E-state index in [1.165, 1.54) is 24.4 Å². The minimum atomic E-state index is -0.689. The zero-order valence-corrected chi connectivity index (χ0v) is 13.3. The highest BCUT2D eigenvalue weighted by Gasteiger charge is 2.12. The van der Waals surface area contributed by atoms with Crippen molar-refractivity contribution >= 4 is 17.8 Å². The summed E-state index contributed by atoms with van der Waals surface area (Å²) in [5.41, 5.74) is 5.38. The molecular weight excluding hydrogens is 310 g/mol. The second-order valence-electron chi connectivity index (χ2n) is 5.41. The predicted octanol–water partition coefficient (Wildman–Crippen LogP) is 2.61. The molecule has 0 aliphatic carbocycles. The van der Waals surface area contributed by atoms with Crippen molar-refractivity contribution < 1.29 is 14.8 Å². The van der Waals surface area contributed by atoms with E-state index in [1.54, 1.807) is 0 Å². The number of nitrogens with one attached hydrogen (secondary N) is 1. The lowest BCUT2D eigenvalue weighted by atomic mass is 10.0. The number of carbonyl (C=O) groups is 1. The van der Waals surface area contributed by atoms with Crippen LogP contribution in [0.3, 0.4) is 0 Å². The molecule has 0 saturated heterocycles. The molecule has 0 atom stereocenters. The van der Waals surface area contributed by atoms with Crippen molar-refractivity contribution in [1.82, 2.24) is 5.43 Å². The van der Waals surface area contributed by atoms with E-state index in [0.717, 1.165) is 16.7 Å². The smallest absolute Gasteiger partial charge is 0.311 e. The Bertz CT molecular complexity index is 815. The van der Waals surface area contributed by atoms with Crippen LogP contribution in [-0.4, -0.2) is 22.2 Å². The molecule has 1 amide bonds. The van der Waals surface area contributed by atoms with E-state index in [9.17, 15) is 20.0 Å². The summed E-state index contributed by atoms with van der Waals surface area (Å²) < 4.78 is 0. The van der Waals surface area contributed by atoms with Crippen molar-refractivity contribution in [2.45, 2.75) is 20.3 Å². The molecular formula is C17H17N3O4. The van der Waals surface area contributed by atoms with E-state index < -0.39 is 16.4 Å². The fraction of sp³-hybridized carbons (Fsp3) is 0.176. The Balaban J connectivity index is 2.01. The first-order chi connectivity index (χ1) is 11.4. The third-order valence-corrected chi connectivity index (χ3v) is 3.45. The topological polar surface area (TPSA) is 105 Å². The summed E-state index contributed by atoms with van der Waals surface area (Å²) in [5.74, 6) is -0.704. The van der Waals surface area contributed by atoms with Gasteiger partial charge in [0.1, 0.15) is 0 Å². The number of phenolic OH excluding ortho intramolecular Hbond substituents is 1. The molecule has 2 N–H and O–H groups in total. The van der Waals surface area contributed by atoms with Crippen LogP contribution in [-0.2, 0) is 11.2 Å². The number of amides is 1. The van der Waals surface area contributed by atoms with Gasteiger partial charge in [-0.05, 0) is 37.1 Å². The molecule has 0 spiro atoms. The summed E-state index contributed by atoms with van der Waals surface area (Å²) in [7, 11) is 0. The van der Waals surface area contributed by atoms with Crippen LogP contribution < -0.4 is 5.43 Å². The maximum absolute atomic E-state index is 11.9. The number of nitrogens with zero attached hydrogens (tertiary/aromatic N) is 2. The lowest BCUT2D eigenvalue weighted by Crippen LogP contribution is -2.20. The van der Waals surface area contributed by atoms with Crippen LogP contribution >= 0.6 is 0 Å². The molecule has 0 fully saturated rings. The highest BCUT2D eigenvalue weighted by atomic mass is 16.6.